The molecule has 0 bridgehead atoms. The van der Waals surface area contributed by atoms with Gasteiger partial charge in [0, 0.05) is 5.54 Å². The lowest BCUT2D eigenvalue weighted by atomic mass is 10.0. The van der Waals surface area contributed by atoms with Crippen LogP contribution in [0.2, 0.25) is 0 Å². The van der Waals surface area contributed by atoms with Gasteiger partial charge < -0.3 is 15.9 Å². The van der Waals surface area contributed by atoms with E-state index in [1.165, 1.54) is 0 Å². The van der Waals surface area contributed by atoms with E-state index in [4.69, 9.17) is 5.73 Å². The van der Waals surface area contributed by atoms with E-state index in [0.717, 1.165) is 19.3 Å². The molecule has 1 saturated carbocycles. The number of benzene rings is 1. The highest BCUT2D eigenvalue weighted by Gasteiger charge is 2.37. The van der Waals surface area contributed by atoms with Crippen molar-refractivity contribution in [3.63, 3.8) is 0 Å². The molecule has 0 atom stereocenters. The van der Waals surface area contributed by atoms with Gasteiger partial charge in [-0.25, -0.2) is 0 Å². The normalized spacial score (nSPS) is 17.4. The maximum Gasteiger partial charge on any atom is 0.206 e. The second-order valence-electron chi connectivity index (χ2n) is 4.73. The van der Waals surface area contributed by atoms with Crippen molar-refractivity contribution in [3.8, 4) is 11.5 Å². The average Bonchev–Trinajstić information content (AvgIpc) is 2.98. The Morgan fingerprint density at radius 2 is 2.00 bits per heavy atom. The lowest BCUT2D eigenvalue weighted by Crippen LogP contribution is -2.22. The maximum atomic E-state index is 13.4. The SMILES string of the molecule is Cc1cc(CCC2(N)CC2)c(O)c(F)c1O. The molecule has 1 aliphatic rings. The Morgan fingerprint density at radius 3 is 2.56 bits per heavy atom. The fourth-order valence-corrected chi connectivity index (χ4v) is 1.81. The number of aryl methyl sites for hydroxylation is 2. The van der Waals surface area contributed by atoms with Gasteiger partial charge in [-0.15, -0.1) is 0 Å². The van der Waals surface area contributed by atoms with E-state index < -0.39 is 17.3 Å². The van der Waals surface area contributed by atoms with E-state index >= 15 is 0 Å². The number of hydrogen-bond donors (Lipinski definition) is 3. The van der Waals surface area contributed by atoms with Gasteiger partial charge in [0.05, 0.1) is 0 Å². The molecule has 1 aliphatic carbocycles. The first kappa shape index (κ1) is 11.2. The predicted molar refractivity (Wildman–Crippen MR) is 58.9 cm³/mol. The Labute approximate surface area is 93.7 Å². The Kier molecular flexibility index (Phi) is 2.54. The van der Waals surface area contributed by atoms with Crippen molar-refractivity contribution in [3.05, 3.63) is 23.0 Å². The zero-order valence-corrected chi connectivity index (χ0v) is 9.26. The molecule has 0 aromatic heterocycles. The molecule has 0 saturated heterocycles. The van der Waals surface area contributed by atoms with Crippen molar-refractivity contribution in [1.29, 1.82) is 0 Å². The summed E-state index contributed by atoms with van der Waals surface area (Å²) in [5, 5.41) is 18.8. The van der Waals surface area contributed by atoms with Crippen molar-refractivity contribution >= 4 is 0 Å². The molecule has 16 heavy (non-hydrogen) atoms. The minimum Gasteiger partial charge on any atom is -0.505 e. The van der Waals surface area contributed by atoms with Crippen LogP contribution in [0.4, 0.5) is 4.39 Å². The van der Waals surface area contributed by atoms with E-state index in [-0.39, 0.29) is 5.54 Å². The quantitative estimate of drug-likeness (QED) is 0.736. The molecule has 0 radical (unpaired) electrons. The van der Waals surface area contributed by atoms with Crippen molar-refractivity contribution in [1.82, 2.24) is 0 Å². The van der Waals surface area contributed by atoms with Crippen LogP contribution in [0.25, 0.3) is 0 Å². The van der Waals surface area contributed by atoms with Gasteiger partial charge >= 0.3 is 0 Å². The number of phenols is 2. The highest BCUT2D eigenvalue weighted by atomic mass is 19.1. The van der Waals surface area contributed by atoms with Crippen LogP contribution in [0.5, 0.6) is 11.5 Å². The summed E-state index contributed by atoms with van der Waals surface area (Å²) in [7, 11) is 0. The van der Waals surface area contributed by atoms with Gasteiger partial charge in [0.25, 0.3) is 0 Å². The molecule has 0 spiro atoms. The molecule has 0 aliphatic heterocycles. The zero-order chi connectivity index (χ0) is 11.9. The van der Waals surface area contributed by atoms with E-state index in [9.17, 15) is 14.6 Å². The summed E-state index contributed by atoms with van der Waals surface area (Å²) in [4.78, 5) is 0. The summed E-state index contributed by atoms with van der Waals surface area (Å²) in [5.74, 6) is -1.86. The molecule has 4 N–H and O–H groups in total. The van der Waals surface area contributed by atoms with Crippen LogP contribution in [0, 0.1) is 12.7 Å². The standard InChI is InChI=1S/C12H16FNO2/c1-7-6-8(2-3-12(14)4-5-12)11(16)9(13)10(7)15/h6,15-16H,2-5,14H2,1H3. The number of halogens is 1. The first-order valence-corrected chi connectivity index (χ1v) is 5.42. The van der Waals surface area contributed by atoms with Gasteiger partial charge in [-0.1, -0.05) is 0 Å². The van der Waals surface area contributed by atoms with Crippen LogP contribution < -0.4 is 5.73 Å². The van der Waals surface area contributed by atoms with Crippen LogP contribution in [0.3, 0.4) is 0 Å². The minimum absolute atomic E-state index is 0.116. The number of nitrogens with two attached hydrogens (primary N) is 1. The fourth-order valence-electron chi connectivity index (χ4n) is 1.81. The lowest BCUT2D eigenvalue weighted by molar-refractivity contribution is 0.382. The van der Waals surface area contributed by atoms with Gasteiger partial charge in [0.2, 0.25) is 5.82 Å². The Balaban J connectivity index is 2.20. The number of hydrogen-bond acceptors (Lipinski definition) is 3. The van der Waals surface area contributed by atoms with E-state index in [1.807, 2.05) is 0 Å². The number of aromatic hydroxyl groups is 2. The Hall–Kier alpha value is -1.29. The van der Waals surface area contributed by atoms with Gasteiger partial charge in [0.15, 0.2) is 11.5 Å². The second-order valence-corrected chi connectivity index (χ2v) is 4.73. The molecule has 3 nitrogen and oxygen atoms in total. The van der Waals surface area contributed by atoms with Crippen LogP contribution in [0.15, 0.2) is 6.07 Å². The van der Waals surface area contributed by atoms with Crippen molar-refractivity contribution in [2.24, 2.45) is 5.73 Å². The minimum atomic E-state index is -0.933. The molecule has 0 heterocycles. The summed E-state index contributed by atoms with van der Waals surface area (Å²) in [6.45, 7) is 1.61. The Bertz CT molecular complexity index is 428. The molecule has 88 valence electrons. The van der Waals surface area contributed by atoms with Gasteiger partial charge in [-0.3, -0.25) is 0 Å². The average molecular weight is 225 g/mol. The van der Waals surface area contributed by atoms with Gasteiger partial charge in [-0.05, 0) is 49.8 Å². The van der Waals surface area contributed by atoms with Crippen LogP contribution in [-0.4, -0.2) is 15.8 Å². The summed E-state index contributed by atoms with van der Waals surface area (Å²) < 4.78 is 13.4. The smallest absolute Gasteiger partial charge is 0.206 e. The van der Waals surface area contributed by atoms with Crippen molar-refractivity contribution < 1.29 is 14.6 Å². The van der Waals surface area contributed by atoms with E-state index in [2.05, 4.69) is 0 Å². The third kappa shape index (κ3) is 1.97. The second kappa shape index (κ2) is 3.63. The predicted octanol–water partition coefficient (Wildman–Crippen LogP) is 1.97. The van der Waals surface area contributed by atoms with E-state index in [1.54, 1.807) is 13.0 Å². The zero-order valence-electron chi connectivity index (χ0n) is 9.26. The first-order valence-electron chi connectivity index (χ1n) is 5.42. The summed E-state index contributed by atoms with van der Waals surface area (Å²) in [6.07, 6.45) is 3.27. The summed E-state index contributed by atoms with van der Waals surface area (Å²) in [5.41, 5.74) is 6.76. The Morgan fingerprint density at radius 1 is 1.38 bits per heavy atom. The first-order chi connectivity index (χ1) is 7.43. The van der Waals surface area contributed by atoms with E-state index in [0.29, 0.717) is 17.5 Å². The van der Waals surface area contributed by atoms with Crippen LogP contribution in [-0.2, 0) is 6.42 Å². The number of phenolic OH excluding ortho intramolecular Hbond substituents is 2. The van der Waals surface area contributed by atoms with Gasteiger partial charge in [0.1, 0.15) is 0 Å². The topological polar surface area (TPSA) is 66.5 Å². The number of rotatable bonds is 3. The third-order valence-electron chi connectivity index (χ3n) is 3.27. The lowest BCUT2D eigenvalue weighted by Gasteiger charge is -2.12. The molecule has 1 aromatic rings. The fraction of sp³-hybridized carbons (Fsp3) is 0.500. The maximum absolute atomic E-state index is 13.4. The largest absolute Gasteiger partial charge is 0.505 e. The van der Waals surface area contributed by atoms with Crippen LogP contribution in [0.1, 0.15) is 30.4 Å². The van der Waals surface area contributed by atoms with Gasteiger partial charge in [-0.2, -0.15) is 4.39 Å². The highest BCUT2D eigenvalue weighted by molar-refractivity contribution is 5.46. The van der Waals surface area contributed by atoms with Crippen molar-refractivity contribution in [2.45, 2.75) is 38.1 Å². The molecule has 0 amide bonds. The van der Waals surface area contributed by atoms with Crippen molar-refractivity contribution in [2.75, 3.05) is 0 Å². The molecule has 1 aromatic carbocycles. The third-order valence-corrected chi connectivity index (χ3v) is 3.27. The molecule has 2 rings (SSSR count). The molecule has 0 unspecified atom stereocenters. The van der Waals surface area contributed by atoms with Crippen LogP contribution >= 0.6 is 0 Å². The highest BCUT2D eigenvalue weighted by Crippen LogP contribution is 2.39. The molecule has 1 fully saturated rings. The molecule has 4 heteroatoms. The molecular formula is C12H16FNO2. The molecular weight excluding hydrogens is 209 g/mol. The summed E-state index contributed by atoms with van der Waals surface area (Å²) >= 11 is 0. The summed E-state index contributed by atoms with van der Waals surface area (Å²) in [6, 6.07) is 1.61. The monoisotopic (exact) mass is 225 g/mol.